The fraction of sp³-hybridized carbons (Fsp3) is 0.938. The summed E-state index contributed by atoms with van der Waals surface area (Å²) in [4.78, 5) is 4.31. The zero-order chi connectivity index (χ0) is 14.8. The van der Waals surface area contributed by atoms with Gasteiger partial charge >= 0.3 is 0 Å². The van der Waals surface area contributed by atoms with E-state index in [9.17, 15) is 0 Å². The van der Waals surface area contributed by atoms with E-state index >= 15 is 0 Å². The van der Waals surface area contributed by atoms with E-state index < -0.39 is 0 Å². The summed E-state index contributed by atoms with van der Waals surface area (Å²) in [5.74, 6) is 0.938. The van der Waals surface area contributed by atoms with Gasteiger partial charge in [0, 0.05) is 39.5 Å². The Balaban J connectivity index is 1.51. The Morgan fingerprint density at radius 2 is 1.90 bits per heavy atom. The Hall–Kier alpha value is -0.810. The molecule has 0 radical (unpaired) electrons. The standard InChI is InChI=1S/C16H31N3O2/c1-17-16(19-14-6-3-2-4-7-14)18-10-5-11-21-15-8-12-20-13-9-15/h14-15H,2-13H2,1H3,(H2,17,18,19). The highest BCUT2D eigenvalue weighted by Gasteiger charge is 2.15. The lowest BCUT2D eigenvalue weighted by molar-refractivity contribution is -0.0320. The van der Waals surface area contributed by atoms with Crippen LogP contribution in [-0.4, -0.2) is 51.5 Å². The van der Waals surface area contributed by atoms with Crippen molar-refractivity contribution in [3.8, 4) is 0 Å². The molecule has 1 aliphatic carbocycles. The molecule has 1 aliphatic heterocycles. The zero-order valence-corrected chi connectivity index (χ0v) is 13.4. The third kappa shape index (κ3) is 6.66. The predicted octanol–water partition coefficient (Wildman–Crippen LogP) is 2.07. The maximum Gasteiger partial charge on any atom is 0.191 e. The summed E-state index contributed by atoms with van der Waals surface area (Å²) in [6.45, 7) is 3.43. The van der Waals surface area contributed by atoms with Crippen LogP contribution in [0.2, 0.25) is 0 Å². The van der Waals surface area contributed by atoms with Crippen LogP contribution in [-0.2, 0) is 9.47 Å². The Morgan fingerprint density at radius 1 is 1.14 bits per heavy atom. The molecule has 0 aromatic carbocycles. The summed E-state index contributed by atoms with van der Waals surface area (Å²) in [6, 6.07) is 0.600. The number of hydrogen-bond donors (Lipinski definition) is 2. The van der Waals surface area contributed by atoms with Crippen LogP contribution < -0.4 is 10.6 Å². The molecule has 0 unspecified atom stereocenters. The van der Waals surface area contributed by atoms with Crippen molar-refractivity contribution in [2.75, 3.05) is 33.4 Å². The topological polar surface area (TPSA) is 54.9 Å². The third-order valence-corrected chi connectivity index (χ3v) is 4.31. The Bertz CT molecular complexity index is 298. The molecular formula is C16H31N3O2. The van der Waals surface area contributed by atoms with E-state index in [1.807, 2.05) is 7.05 Å². The van der Waals surface area contributed by atoms with Crippen molar-refractivity contribution in [1.82, 2.24) is 10.6 Å². The highest BCUT2D eigenvalue weighted by Crippen LogP contribution is 2.17. The lowest BCUT2D eigenvalue weighted by Crippen LogP contribution is -2.44. The Kier molecular flexibility index (Phi) is 7.89. The number of nitrogens with one attached hydrogen (secondary N) is 2. The Morgan fingerprint density at radius 3 is 2.62 bits per heavy atom. The fourth-order valence-electron chi connectivity index (χ4n) is 3.01. The Labute approximate surface area is 128 Å². The van der Waals surface area contributed by atoms with Gasteiger partial charge in [-0.15, -0.1) is 0 Å². The number of ether oxygens (including phenoxy) is 2. The number of aliphatic imine (C=N–C) groups is 1. The third-order valence-electron chi connectivity index (χ3n) is 4.31. The van der Waals surface area contributed by atoms with Crippen LogP contribution in [0.4, 0.5) is 0 Å². The molecule has 5 heteroatoms. The second kappa shape index (κ2) is 10.0. The minimum atomic E-state index is 0.401. The molecule has 0 aromatic rings. The lowest BCUT2D eigenvalue weighted by atomic mass is 9.96. The highest BCUT2D eigenvalue weighted by atomic mass is 16.5. The molecule has 1 saturated carbocycles. The van der Waals surface area contributed by atoms with E-state index in [0.29, 0.717) is 12.1 Å². The SMILES string of the molecule is CN=C(NCCCOC1CCOCC1)NC1CCCCC1. The van der Waals surface area contributed by atoms with Crippen molar-refractivity contribution in [3.63, 3.8) is 0 Å². The van der Waals surface area contributed by atoms with Crippen molar-refractivity contribution in [3.05, 3.63) is 0 Å². The number of hydrogen-bond acceptors (Lipinski definition) is 3. The van der Waals surface area contributed by atoms with Gasteiger partial charge in [-0.05, 0) is 32.1 Å². The van der Waals surface area contributed by atoms with Crippen molar-refractivity contribution in [2.45, 2.75) is 63.5 Å². The summed E-state index contributed by atoms with van der Waals surface area (Å²) in [5.41, 5.74) is 0. The van der Waals surface area contributed by atoms with Gasteiger partial charge in [-0.25, -0.2) is 0 Å². The molecule has 2 rings (SSSR count). The minimum absolute atomic E-state index is 0.401. The van der Waals surface area contributed by atoms with Gasteiger partial charge in [0.05, 0.1) is 6.10 Å². The smallest absolute Gasteiger partial charge is 0.191 e. The monoisotopic (exact) mass is 297 g/mol. The van der Waals surface area contributed by atoms with Crippen LogP contribution >= 0.6 is 0 Å². The van der Waals surface area contributed by atoms with Crippen LogP contribution in [0.3, 0.4) is 0 Å². The molecule has 1 saturated heterocycles. The average molecular weight is 297 g/mol. The van der Waals surface area contributed by atoms with Gasteiger partial charge in [-0.3, -0.25) is 4.99 Å². The molecule has 0 bridgehead atoms. The number of nitrogens with zero attached hydrogens (tertiary/aromatic N) is 1. The molecule has 0 spiro atoms. The maximum atomic E-state index is 5.87. The van der Waals surface area contributed by atoms with Crippen molar-refractivity contribution >= 4 is 5.96 Å². The van der Waals surface area contributed by atoms with Crippen LogP contribution in [0.5, 0.6) is 0 Å². The van der Waals surface area contributed by atoms with Crippen molar-refractivity contribution in [1.29, 1.82) is 0 Å². The minimum Gasteiger partial charge on any atom is -0.381 e. The van der Waals surface area contributed by atoms with Crippen molar-refractivity contribution in [2.24, 2.45) is 4.99 Å². The van der Waals surface area contributed by atoms with Gasteiger partial charge in [-0.1, -0.05) is 19.3 Å². The first kappa shape index (κ1) is 16.6. The molecule has 122 valence electrons. The first-order chi connectivity index (χ1) is 10.4. The van der Waals surface area contributed by atoms with E-state index in [-0.39, 0.29) is 0 Å². The second-order valence-electron chi connectivity index (χ2n) is 6.01. The van der Waals surface area contributed by atoms with Gasteiger partial charge in [0.25, 0.3) is 0 Å². The quantitative estimate of drug-likeness (QED) is 0.448. The summed E-state index contributed by atoms with van der Waals surface area (Å²) < 4.78 is 11.2. The second-order valence-corrected chi connectivity index (χ2v) is 6.01. The summed E-state index contributed by atoms with van der Waals surface area (Å²) in [6.07, 6.45) is 10.1. The van der Waals surface area contributed by atoms with E-state index in [2.05, 4.69) is 15.6 Å². The molecule has 1 heterocycles. The fourth-order valence-corrected chi connectivity index (χ4v) is 3.01. The maximum absolute atomic E-state index is 5.87. The molecule has 21 heavy (non-hydrogen) atoms. The van der Waals surface area contributed by atoms with Crippen LogP contribution in [0.25, 0.3) is 0 Å². The van der Waals surface area contributed by atoms with Crippen LogP contribution in [0.15, 0.2) is 4.99 Å². The van der Waals surface area contributed by atoms with Gasteiger partial charge in [0.15, 0.2) is 5.96 Å². The lowest BCUT2D eigenvalue weighted by Gasteiger charge is -2.25. The summed E-state index contributed by atoms with van der Waals surface area (Å²) in [5, 5.41) is 6.92. The average Bonchev–Trinajstić information content (AvgIpc) is 2.55. The summed E-state index contributed by atoms with van der Waals surface area (Å²) >= 11 is 0. The normalized spacial score (nSPS) is 22.2. The summed E-state index contributed by atoms with van der Waals surface area (Å²) in [7, 11) is 1.84. The van der Waals surface area contributed by atoms with Crippen LogP contribution in [0, 0.1) is 0 Å². The first-order valence-corrected chi connectivity index (χ1v) is 8.55. The van der Waals surface area contributed by atoms with Gasteiger partial charge in [-0.2, -0.15) is 0 Å². The zero-order valence-electron chi connectivity index (χ0n) is 13.4. The van der Waals surface area contributed by atoms with E-state index in [1.54, 1.807) is 0 Å². The predicted molar refractivity (Wildman–Crippen MR) is 85.8 cm³/mol. The van der Waals surface area contributed by atoms with Gasteiger partial charge < -0.3 is 20.1 Å². The molecule has 0 amide bonds. The molecule has 2 N–H and O–H groups in total. The first-order valence-electron chi connectivity index (χ1n) is 8.55. The van der Waals surface area contributed by atoms with Crippen LogP contribution in [0.1, 0.15) is 51.4 Å². The molecular weight excluding hydrogens is 266 g/mol. The molecule has 0 aromatic heterocycles. The van der Waals surface area contributed by atoms with E-state index in [1.165, 1.54) is 32.1 Å². The number of guanidine groups is 1. The van der Waals surface area contributed by atoms with Gasteiger partial charge in [0.2, 0.25) is 0 Å². The van der Waals surface area contributed by atoms with Gasteiger partial charge in [0.1, 0.15) is 0 Å². The largest absolute Gasteiger partial charge is 0.381 e. The molecule has 0 atom stereocenters. The molecule has 5 nitrogen and oxygen atoms in total. The van der Waals surface area contributed by atoms with E-state index in [4.69, 9.17) is 9.47 Å². The number of rotatable bonds is 6. The molecule has 2 aliphatic rings. The molecule has 2 fully saturated rings. The van der Waals surface area contributed by atoms with Crippen molar-refractivity contribution < 1.29 is 9.47 Å². The van der Waals surface area contributed by atoms with E-state index in [0.717, 1.165) is 51.6 Å². The highest BCUT2D eigenvalue weighted by molar-refractivity contribution is 5.79.